The highest BCUT2D eigenvalue weighted by Crippen LogP contribution is 2.25. The summed E-state index contributed by atoms with van der Waals surface area (Å²) < 4.78 is 1.84. The first-order valence-electron chi connectivity index (χ1n) is 5.50. The highest BCUT2D eigenvalue weighted by Gasteiger charge is 2.18. The molecule has 3 heteroatoms. The van der Waals surface area contributed by atoms with Gasteiger partial charge in [0.2, 0.25) is 0 Å². The Bertz CT molecular complexity index is 292. The molecule has 3 nitrogen and oxygen atoms in total. The summed E-state index contributed by atoms with van der Waals surface area (Å²) in [6, 6.07) is 2.67. The quantitative estimate of drug-likeness (QED) is 0.781. The average molecular weight is 193 g/mol. The predicted molar refractivity (Wildman–Crippen MR) is 58.3 cm³/mol. The van der Waals surface area contributed by atoms with Gasteiger partial charge in [0.1, 0.15) is 5.82 Å². The summed E-state index contributed by atoms with van der Waals surface area (Å²) in [5.41, 5.74) is 0. The van der Waals surface area contributed by atoms with Crippen LogP contribution in [0.1, 0.15) is 32.6 Å². The molecule has 1 heterocycles. The van der Waals surface area contributed by atoms with E-state index in [9.17, 15) is 0 Å². The van der Waals surface area contributed by atoms with Crippen LogP contribution < -0.4 is 5.32 Å². The van der Waals surface area contributed by atoms with Crippen LogP contribution in [0.25, 0.3) is 0 Å². The second-order valence-corrected chi connectivity index (χ2v) is 4.49. The summed E-state index contributed by atoms with van der Waals surface area (Å²) >= 11 is 0. The monoisotopic (exact) mass is 193 g/mol. The van der Waals surface area contributed by atoms with Gasteiger partial charge in [-0.3, -0.25) is 4.68 Å². The molecule has 1 saturated carbocycles. The van der Waals surface area contributed by atoms with E-state index >= 15 is 0 Å². The van der Waals surface area contributed by atoms with E-state index in [0.29, 0.717) is 6.04 Å². The number of nitrogens with one attached hydrogen (secondary N) is 1. The molecule has 1 aliphatic rings. The molecule has 0 amide bonds. The number of anilines is 1. The van der Waals surface area contributed by atoms with E-state index < -0.39 is 0 Å². The Morgan fingerprint density at radius 3 is 3.00 bits per heavy atom. The van der Waals surface area contributed by atoms with Gasteiger partial charge >= 0.3 is 0 Å². The Morgan fingerprint density at radius 2 is 2.36 bits per heavy atom. The normalized spacial score (nSPS) is 27.6. The molecular weight excluding hydrogens is 174 g/mol. The molecule has 14 heavy (non-hydrogen) atoms. The van der Waals surface area contributed by atoms with Crippen molar-refractivity contribution >= 4 is 5.82 Å². The minimum absolute atomic E-state index is 0.633. The second-order valence-electron chi connectivity index (χ2n) is 4.49. The van der Waals surface area contributed by atoms with Crippen LogP contribution in [0.15, 0.2) is 12.3 Å². The molecular formula is C11H19N3. The van der Waals surface area contributed by atoms with Crippen LogP contribution in [-0.4, -0.2) is 15.8 Å². The van der Waals surface area contributed by atoms with Crippen molar-refractivity contribution in [2.75, 3.05) is 5.32 Å². The zero-order valence-corrected chi connectivity index (χ0v) is 9.03. The van der Waals surface area contributed by atoms with E-state index in [1.165, 1.54) is 25.7 Å². The topological polar surface area (TPSA) is 29.9 Å². The molecule has 1 aliphatic carbocycles. The minimum atomic E-state index is 0.633. The fraction of sp³-hybridized carbons (Fsp3) is 0.727. The van der Waals surface area contributed by atoms with Crippen LogP contribution in [-0.2, 0) is 7.05 Å². The van der Waals surface area contributed by atoms with E-state index in [4.69, 9.17) is 0 Å². The van der Waals surface area contributed by atoms with Gasteiger partial charge in [-0.05, 0) is 18.8 Å². The number of hydrogen-bond donors (Lipinski definition) is 1. The van der Waals surface area contributed by atoms with Gasteiger partial charge in [0.05, 0.1) is 0 Å². The maximum Gasteiger partial charge on any atom is 0.148 e. The minimum Gasteiger partial charge on any atom is -0.366 e. The highest BCUT2D eigenvalue weighted by molar-refractivity contribution is 5.33. The standard InChI is InChI=1S/C11H19N3/c1-9-4-3-5-10(8-9)12-11-6-7-14(2)13-11/h6-7,9-10H,3-5,8H2,1-2H3,(H,12,13)/t9-,10-/m1/s1. The lowest BCUT2D eigenvalue weighted by atomic mass is 9.87. The van der Waals surface area contributed by atoms with Crippen molar-refractivity contribution in [2.45, 2.75) is 38.6 Å². The lowest BCUT2D eigenvalue weighted by molar-refractivity contribution is 0.358. The van der Waals surface area contributed by atoms with Crippen LogP contribution in [0.5, 0.6) is 0 Å². The van der Waals surface area contributed by atoms with E-state index in [1.54, 1.807) is 0 Å². The van der Waals surface area contributed by atoms with Crippen LogP contribution in [0.2, 0.25) is 0 Å². The van der Waals surface area contributed by atoms with Gasteiger partial charge in [0.15, 0.2) is 0 Å². The first-order valence-corrected chi connectivity index (χ1v) is 5.50. The number of aromatic nitrogens is 2. The molecule has 78 valence electrons. The Kier molecular flexibility index (Phi) is 2.75. The molecule has 1 aromatic heterocycles. The van der Waals surface area contributed by atoms with Crippen LogP contribution in [0, 0.1) is 5.92 Å². The van der Waals surface area contributed by atoms with Crippen molar-refractivity contribution in [3.8, 4) is 0 Å². The average Bonchev–Trinajstić information content (AvgIpc) is 2.51. The van der Waals surface area contributed by atoms with Crippen LogP contribution in [0.3, 0.4) is 0 Å². The highest BCUT2D eigenvalue weighted by atomic mass is 15.3. The van der Waals surface area contributed by atoms with Crippen molar-refractivity contribution in [1.82, 2.24) is 9.78 Å². The largest absolute Gasteiger partial charge is 0.366 e. The van der Waals surface area contributed by atoms with E-state index in [1.807, 2.05) is 24.0 Å². The van der Waals surface area contributed by atoms with Crippen molar-refractivity contribution in [3.05, 3.63) is 12.3 Å². The van der Waals surface area contributed by atoms with E-state index in [-0.39, 0.29) is 0 Å². The third-order valence-electron chi connectivity index (χ3n) is 3.00. The second kappa shape index (κ2) is 4.03. The smallest absolute Gasteiger partial charge is 0.148 e. The molecule has 2 rings (SSSR count). The van der Waals surface area contributed by atoms with Gasteiger partial charge in [-0.2, -0.15) is 5.10 Å². The fourth-order valence-electron chi connectivity index (χ4n) is 2.27. The molecule has 0 bridgehead atoms. The Morgan fingerprint density at radius 1 is 1.50 bits per heavy atom. The summed E-state index contributed by atoms with van der Waals surface area (Å²) in [5, 5.41) is 7.84. The van der Waals surface area contributed by atoms with Crippen molar-refractivity contribution in [1.29, 1.82) is 0 Å². The number of rotatable bonds is 2. The first-order chi connectivity index (χ1) is 6.74. The molecule has 0 aromatic carbocycles. The molecule has 1 N–H and O–H groups in total. The summed E-state index contributed by atoms with van der Waals surface area (Å²) in [7, 11) is 1.95. The Hall–Kier alpha value is -0.990. The molecule has 0 radical (unpaired) electrons. The third kappa shape index (κ3) is 2.28. The molecule has 0 unspecified atom stereocenters. The molecule has 0 spiro atoms. The molecule has 2 atom stereocenters. The molecule has 0 aliphatic heterocycles. The first kappa shape index (κ1) is 9.56. The summed E-state index contributed by atoms with van der Waals surface area (Å²) in [6.07, 6.45) is 7.30. The Balaban J connectivity index is 1.90. The summed E-state index contributed by atoms with van der Waals surface area (Å²) in [6.45, 7) is 2.34. The number of hydrogen-bond acceptors (Lipinski definition) is 2. The van der Waals surface area contributed by atoms with Gasteiger partial charge in [-0.15, -0.1) is 0 Å². The lowest BCUT2D eigenvalue weighted by Crippen LogP contribution is -2.26. The maximum atomic E-state index is 4.34. The van der Waals surface area contributed by atoms with Gasteiger partial charge in [-0.25, -0.2) is 0 Å². The van der Waals surface area contributed by atoms with Gasteiger partial charge < -0.3 is 5.32 Å². The SMILES string of the molecule is C[C@@H]1CCC[C@@H](Nc2ccn(C)n2)C1. The lowest BCUT2D eigenvalue weighted by Gasteiger charge is -2.27. The zero-order valence-electron chi connectivity index (χ0n) is 9.03. The van der Waals surface area contributed by atoms with Crippen molar-refractivity contribution in [3.63, 3.8) is 0 Å². The van der Waals surface area contributed by atoms with E-state index in [0.717, 1.165) is 11.7 Å². The Labute approximate surface area is 85.5 Å². The van der Waals surface area contributed by atoms with Crippen LogP contribution >= 0.6 is 0 Å². The maximum absolute atomic E-state index is 4.34. The summed E-state index contributed by atoms with van der Waals surface area (Å²) in [4.78, 5) is 0. The number of nitrogens with zero attached hydrogens (tertiary/aromatic N) is 2. The summed E-state index contributed by atoms with van der Waals surface area (Å²) in [5.74, 6) is 1.89. The zero-order chi connectivity index (χ0) is 9.97. The molecule has 0 saturated heterocycles. The van der Waals surface area contributed by atoms with Gasteiger partial charge in [0.25, 0.3) is 0 Å². The van der Waals surface area contributed by atoms with Crippen molar-refractivity contribution in [2.24, 2.45) is 13.0 Å². The third-order valence-corrected chi connectivity index (χ3v) is 3.00. The van der Waals surface area contributed by atoms with Gasteiger partial charge in [0, 0.05) is 25.4 Å². The van der Waals surface area contributed by atoms with Crippen molar-refractivity contribution < 1.29 is 0 Å². The van der Waals surface area contributed by atoms with E-state index in [2.05, 4.69) is 17.3 Å². The predicted octanol–water partition coefficient (Wildman–Crippen LogP) is 2.41. The van der Waals surface area contributed by atoms with Crippen LogP contribution in [0.4, 0.5) is 5.82 Å². The molecule has 1 aromatic rings. The number of aryl methyl sites for hydroxylation is 1. The fourth-order valence-corrected chi connectivity index (χ4v) is 2.27. The molecule has 1 fully saturated rings. The van der Waals surface area contributed by atoms with Gasteiger partial charge in [-0.1, -0.05) is 19.8 Å².